The standard InChI is InChI=1S/C12H27NOSi/c1-12-6-9-13(10-7-12)8-5-11-15(3,4)14-2/h12H,5-11H2,1-4H3. The highest BCUT2D eigenvalue weighted by atomic mass is 28.4. The monoisotopic (exact) mass is 229 g/mol. The molecular formula is C12H27NOSi. The van der Waals surface area contributed by atoms with Gasteiger partial charge in [0.05, 0.1) is 0 Å². The molecule has 0 aromatic carbocycles. The number of piperidine rings is 1. The van der Waals surface area contributed by atoms with E-state index in [1.165, 1.54) is 44.9 Å². The van der Waals surface area contributed by atoms with Gasteiger partial charge in [-0.3, -0.25) is 0 Å². The highest BCUT2D eigenvalue weighted by molar-refractivity contribution is 6.71. The summed E-state index contributed by atoms with van der Waals surface area (Å²) < 4.78 is 5.56. The molecule has 0 aromatic rings. The molecule has 2 nitrogen and oxygen atoms in total. The van der Waals surface area contributed by atoms with Gasteiger partial charge in [0, 0.05) is 7.11 Å². The number of hydrogen-bond donors (Lipinski definition) is 0. The van der Waals surface area contributed by atoms with Gasteiger partial charge >= 0.3 is 0 Å². The van der Waals surface area contributed by atoms with Crippen molar-refractivity contribution >= 4 is 8.32 Å². The third kappa shape index (κ3) is 5.14. The van der Waals surface area contributed by atoms with Gasteiger partial charge in [0.2, 0.25) is 0 Å². The molecule has 15 heavy (non-hydrogen) atoms. The van der Waals surface area contributed by atoms with Crippen LogP contribution >= 0.6 is 0 Å². The normalized spacial score (nSPS) is 20.8. The van der Waals surface area contributed by atoms with Crippen molar-refractivity contribution in [3.05, 3.63) is 0 Å². The van der Waals surface area contributed by atoms with E-state index in [0.29, 0.717) is 0 Å². The van der Waals surface area contributed by atoms with E-state index in [9.17, 15) is 0 Å². The maximum absolute atomic E-state index is 5.56. The zero-order chi connectivity index (χ0) is 11.3. The molecule has 0 atom stereocenters. The molecule has 0 aromatic heterocycles. The van der Waals surface area contributed by atoms with Gasteiger partial charge in [-0.05, 0) is 64.0 Å². The van der Waals surface area contributed by atoms with Gasteiger partial charge in [0.15, 0.2) is 8.32 Å². The van der Waals surface area contributed by atoms with Crippen LogP contribution in [0.5, 0.6) is 0 Å². The largest absolute Gasteiger partial charge is 0.420 e. The molecule has 1 aliphatic heterocycles. The van der Waals surface area contributed by atoms with E-state index in [1.54, 1.807) is 0 Å². The Balaban J connectivity index is 2.10. The summed E-state index contributed by atoms with van der Waals surface area (Å²) in [6.45, 7) is 10.9. The third-order valence-electron chi connectivity index (χ3n) is 3.68. The van der Waals surface area contributed by atoms with Crippen molar-refractivity contribution in [2.45, 2.75) is 45.3 Å². The van der Waals surface area contributed by atoms with Crippen molar-refractivity contribution in [1.82, 2.24) is 4.90 Å². The lowest BCUT2D eigenvalue weighted by molar-refractivity contribution is 0.192. The predicted octanol–water partition coefficient (Wildman–Crippen LogP) is 2.96. The van der Waals surface area contributed by atoms with Gasteiger partial charge in [-0.25, -0.2) is 0 Å². The fourth-order valence-electron chi connectivity index (χ4n) is 2.12. The van der Waals surface area contributed by atoms with Gasteiger partial charge in [0.1, 0.15) is 0 Å². The van der Waals surface area contributed by atoms with Gasteiger partial charge < -0.3 is 9.33 Å². The fourth-order valence-corrected chi connectivity index (χ4v) is 3.33. The zero-order valence-corrected chi connectivity index (χ0v) is 11.9. The molecule has 90 valence electrons. The SMILES string of the molecule is CO[Si](C)(C)CCCN1CCC(C)CC1. The summed E-state index contributed by atoms with van der Waals surface area (Å²) >= 11 is 0. The van der Waals surface area contributed by atoms with Gasteiger partial charge in [-0.2, -0.15) is 0 Å². The van der Waals surface area contributed by atoms with Crippen LogP contribution in [0.25, 0.3) is 0 Å². The minimum absolute atomic E-state index is 0.950. The summed E-state index contributed by atoms with van der Waals surface area (Å²) in [5, 5.41) is 0. The minimum Gasteiger partial charge on any atom is -0.420 e. The van der Waals surface area contributed by atoms with Crippen molar-refractivity contribution in [2.24, 2.45) is 5.92 Å². The molecule has 0 amide bonds. The average Bonchev–Trinajstić information content (AvgIpc) is 2.21. The Kier molecular flexibility index (Phi) is 5.30. The smallest absolute Gasteiger partial charge is 0.186 e. The fraction of sp³-hybridized carbons (Fsp3) is 1.00. The minimum atomic E-state index is -1.30. The second kappa shape index (κ2) is 6.02. The lowest BCUT2D eigenvalue weighted by atomic mass is 9.99. The van der Waals surface area contributed by atoms with Gasteiger partial charge in [-0.15, -0.1) is 0 Å². The van der Waals surface area contributed by atoms with Crippen molar-refractivity contribution in [3.63, 3.8) is 0 Å². The Morgan fingerprint density at radius 3 is 2.40 bits per heavy atom. The second-order valence-electron chi connectivity index (χ2n) is 5.59. The predicted molar refractivity (Wildman–Crippen MR) is 68.8 cm³/mol. The molecule has 1 saturated heterocycles. The van der Waals surface area contributed by atoms with Crippen LogP contribution in [-0.4, -0.2) is 40.0 Å². The molecule has 0 bridgehead atoms. The summed E-state index contributed by atoms with van der Waals surface area (Å²) in [5.41, 5.74) is 0. The molecule has 0 spiro atoms. The summed E-state index contributed by atoms with van der Waals surface area (Å²) in [4.78, 5) is 2.63. The first-order chi connectivity index (χ1) is 7.03. The first-order valence-electron chi connectivity index (χ1n) is 6.31. The van der Waals surface area contributed by atoms with Crippen LogP contribution in [0.4, 0.5) is 0 Å². The molecular weight excluding hydrogens is 202 g/mol. The van der Waals surface area contributed by atoms with Gasteiger partial charge in [-0.1, -0.05) is 6.92 Å². The van der Waals surface area contributed by atoms with Crippen LogP contribution in [0.15, 0.2) is 0 Å². The summed E-state index contributed by atoms with van der Waals surface area (Å²) in [5.74, 6) is 0.950. The lowest BCUT2D eigenvalue weighted by Crippen LogP contribution is -2.35. The van der Waals surface area contributed by atoms with Gasteiger partial charge in [0.25, 0.3) is 0 Å². The van der Waals surface area contributed by atoms with E-state index >= 15 is 0 Å². The molecule has 1 aliphatic rings. The van der Waals surface area contributed by atoms with E-state index in [4.69, 9.17) is 4.43 Å². The summed E-state index contributed by atoms with van der Waals surface area (Å²) in [6, 6.07) is 1.30. The van der Waals surface area contributed by atoms with E-state index < -0.39 is 8.32 Å². The molecule has 0 radical (unpaired) electrons. The molecule has 0 unspecified atom stereocenters. The highest BCUT2D eigenvalue weighted by Gasteiger charge is 2.21. The number of hydrogen-bond acceptors (Lipinski definition) is 2. The Bertz CT molecular complexity index is 176. The maximum atomic E-state index is 5.56. The third-order valence-corrected chi connectivity index (χ3v) is 6.34. The van der Waals surface area contributed by atoms with E-state index in [-0.39, 0.29) is 0 Å². The topological polar surface area (TPSA) is 12.5 Å². The first kappa shape index (κ1) is 13.2. The summed E-state index contributed by atoms with van der Waals surface area (Å²) in [7, 11) is 0.568. The van der Waals surface area contributed by atoms with Crippen LogP contribution in [0.3, 0.4) is 0 Å². The Morgan fingerprint density at radius 2 is 1.87 bits per heavy atom. The number of rotatable bonds is 5. The van der Waals surface area contributed by atoms with E-state index in [2.05, 4.69) is 24.9 Å². The van der Waals surface area contributed by atoms with E-state index in [1.807, 2.05) is 7.11 Å². The second-order valence-corrected chi connectivity index (χ2v) is 10.0. The van der Waals surface area contributed by atoms with Crippen LogP contribution in [0.2, 0.25) is 19.1 Å². The highest BCUT2D eigenvalue weighted by Crippen LogP contribution is 2.18. The Morgan fingerprint density at radius 1 is 1.27 bits per heavy atom. The van der Waals surface area contributed by atoms with Crippen LogP contribution < -0.4 is 0 Å². The molecule has 0 aliphatic carbocycles. The molecule has 1 fully saturated rings. The maximum Gasteiger partial charge on any atom is 0.186 e. The number of nitrogens with zero attached hydrogens (tertiary/aromatic N) is 1. The lowest BCUT2D eigenvalue weighted by Gasteiger charge is -2.31. The molecule has 1 rings (SSSR count). The van der Waals surface area contributed by atoms with Crippen molar-refractivity contribution in [3.8, 4) is 0 Å². The van der Waals surface area contributed by atoms with Crippen LogP contribution in [0.1, 0.15) is 26.2 Å². The van der Waals surface area contributed by atoms with E-state index in [0.717, 1.165) is 5.92 Å². The molecule has 3 heteroatoms. The van der Waals surface area contributed by atoms with Crippen LogP contribution in [0, 0.1) is 5.92 Å². The first-order valence-corrected chi connectivity index (χ1v) is 9.42. The number of likely N-dealkylation sites (tertiary alicyclic amines) is 1. The van der Waals surface area contributed by atoms with Crippen molar-refractivity contribution in [1.29, 1.82) is 0 Å². The quantitative estimate of drug-likeness (QED) is 0.672. The Hall–Kier alpha value is 0.137. The average molecular weight is 229 g/mol. The molecule has 0 saturated carbocycles. The molecule has 0 N–H and O–H groups in total. The Labute approximate surface area is 96.1 Å². The summed E-state index contributed by atoms with van der Waals surface area (Å²) in [6.07, 6.45) is 4.11. The van der Waals surface area contributed by atoms with Crippen molar-refractivity contribution in [2.75, 3.05) is 26.7 Å². The van der Waals surface area contributed by atoms with Crippen molar-refractivity contribution < 1.29 is 4.43 Å². The molecule has 1 heterocycles. The zero-order valence-electron chi connectivity index (χ0n) is 10.9. The van der Waals surface area contributed by atoms with Crippen LogP contribution in [-0.2, 0) is 4.43 Å².